The monoisotopic (exact) mass is 304 g/mol. The number of anilines is 1. The molecule has 0 spiro atoms. The first-order valence-corrected chi connectivity index (χ1v) is 6.39. The average Bonchev–Trinajstić information content (AvgIpc) is 2.40. The van der Waals surface area contributed by atoms with E-state index in [1.165, 1.54) is 18.2 Å². The van der Waals surface area contributed by atoms with Crippen LogP contribution in [-0.4, -0.2) is 50.0 Å². The van der Waals surface area contributed by atoms with Gasteiger partial charge in [-0.2, -0.15) is 0 Å². The first kappa shape index (κ1) is 15.6. The number of ether oxygens (including phenoxy) is 2. The third-order valence-electron chi connectivity index (χ3n) is 2.86. The summed E-state index contributed by atoms with van der Waals surface area (Å²) in [4.78, 5) is 13.7. The van der Waals surface area contributed by atoms with Crippen molar-refractivity contribution < 1.29 is 27.4 Å². The molecule has 0 unspecified atom stereocenters. The third-order valence-corrected chi connectivity index (χ3v) is 2.86. The molecular weight excluding hydrogens is 289 g/mol. The molecule has 0 aliphatic carbocycles. The highest BCUT2D eigenvalue weighted by Crippen LogP contribution is 2.29. The van der Waals surface area contributed by atoms with Crippen LogP contribution in [0.2, 0.25) is 0 Å². The molecule has 0 radical (unpaired) electrons. The number of halogens is 3. The molecule has 8 heteroatoms. The lowest BCUT2D eigenvalue weighted by molar-refractivity contribution is -0.274. The van der Waals surface area contributed by atoms with Gasteiger partial charge in [-0.25, -0.2) is 0 Å². The van der Waals surface area contributed by atoms with E-state index in [0.717, 1.165) is 6.07 Å². The maximum Gasteiger partial charge on any atom is 0.573 e. The van der Waals surface area contributed by atoms with Gasteiger partial charge < -0.3 is 14.8 Å². The lowest BCUT2D eigenvalue weighted by Gasteiger charge is -2.26. The van der Waals surface area contributed by atoms with Crippen molar-refractivity contribution in [1.82, 2.24) is 4.90 Å². The van der Waals surface area contributed by atoms with Gasteiger partial charge >= 0.3 is 6.36 Å². The Morgan fingerprint density at radius 1 is 1.29 bits per heavy atom. The molecule has 1 N–H and O–H groups in total. The number of carbonyl (C=O) groups excluding carboxylic acids is 1. The number of para-hydroxylation sites is 2. The molecule has 2 rings (SSSR count). The van der Waals surface area contributed by atoms with Crippen LogP contribution in [0, 0.1) is 0 Å². The average molecular weight is 304 g/mol. The minimum absolute atomic E-state index is 0.00640. The van der Waals surface area contributed by atoms with Crippen LogP contribution in [-0.2, 0) is 9.53 Å². The van der Waals surface area contributed by atoms with Crippen LogP contribution in [0.25, 0.3) is 0 Å². The zero-order valence-corrected chi connectivity index (χ0v) is 11.2. The van der Waals surface area contributed by atoms with Gasteiger partial charge in [-0.1, -0.05) is 12.1 Å². The first-order valence-electron chi connectivity index (χ1n) is 6.39. The van der Waals surface area contributed by atoms with E-state index in [9.17, 15) is 18.0 Å². The summed E-state index contributed by atoms with van der Waals surface area (Å²) >= 11 is 0. The smallest absolute Gasteiger partial charge is 0.404 e. The number of carbonyl (C=O) groups is 1. The Kier molecular flexibility index (Phi) is 5.03. The number of alkyl halides is 3. The Balaban J connectivity index is 1.96. The summed E-state index contributed by atoms with van der Waals surface area (Å²) in [7, 11) is 0. The van der Waals surface area contributed by atoms with Gasteiger partial charge in [-0.05, 0) is 12.1 Å². The third kappa shape index (κ3) is 5.24. The van der Waals surface area contributed by atoms with E-state index >= 15 is 0 Å². The van der Waals surface area contributed by atoms with Crippen molar-refractivity contribution in [3.63, 3.8) is 0 Å². The summed E-state index contributed by atoms with van der Waals surface area (Å²) in [6.45, 7) is 2.42. The number of nitrogens with one attached hydrogen (secondary N) is 1. The van der Waals surface area contributed by atoms with E-state index < -0.39 is 18.0 Å². The topological polar surface area (TPSA) is 50.8 Å². The SMILES string of the molecule is O=C(CN1CCOCC1)Nc1ccccc1OC(F)(F)F. The van der Waals surface area contributed by atoms with Crippen LogP contribution in [0.1, 0.15) is 0 Å². The van der Waals surface area contributed by atoms with E-state index in [0.29, 0.717) is 26.3 Å². The van der Waals surface area contributed by atoms with Gasteiger partial charge in [0.15, 0.2) is 5.75 Å². The molecule has 5 nitrogen and oxygen atoms in total. The van der Waals surface area contributed by atoms with Gasteiger partial charge in [0.2, 0.25) is 5.91 Å². The van der Waals surface area contributed by atoms with E-state index in [-0.39, 0.29) is 12.2 Å². The number of nitrogens with zero attached hydrogens (tertiary/aromatic N) is 1. The van der Waals surface area contributed by atoms with Crippen LogP contribution in [0.4, 0.5) is 18.9 Å². The molecule has 116 valence electrons. The summed E-state index contributed by atoms with van der Waals surface area (Å²) in [5, 5.41) is 2.43. The molecule has 1 aromatic rings. The highest BCUT2D eigenvalue weighted by atomic mass is 19.4. The molecule has 1 amide bonds. The molecule has 21 heavy (non-hydrogen) atoms. The summed E-state index contributed by atoms with van der Waals surface area (Å²) in [5.41, 5.74) is -0.00640. The van der Waals surface area contributed by atoms with Crippen LogP contribution in [0.15, 0.2) is 24.3 Å². The van der Waals surface area contributed by atoms with E-state index in [2.05, 4.69) is 10.1 Å². The number of hydrogen-bond donors (Lipinski definition) is 1. The van der Waals surface area contributed by atoms with Crippen molar-refractivity contribution in [2.75, 3.05) is 38.2 Å². The summed E-state index contributed by atoms with van der Waals surface area (Å²) < 4.78 is 45.9. The molecule has 1 fully saturated rings. The zero-order valence-electron chi connectivity index (χ0n) is 11.2. The highest BCUT2D eigenvalue weighted by molar-refractivity contribution is 5.93. The fourth-order valence-electron chi connectivity index (χ4n) is 1.94. The standard InChI is InChI=1S/C13H15F3N2O3/c14-13(15,16)21-11-4-2-1-3-10(11)17-12(19)9-18-5-7-20-8-6-18/h1-4H,5-9H2,(H,17,19). The number of rotatable bonds is 4. The lowest BCUT2D eigenvalue weighted by atomic mass is 10.3. The first-order chi connectivity index (χ1) is 9.94. The Bertz CT molecular complexity index is 488. The zero-order chi connectivity index (χ0) is 15.3. The number of amides is 1. The second kappa shape index (κ2) is 6.77. The Hall–Kier alpha value is -1.80. The maximum absolute atomic E-state index is 12.3. The van der Waals surface area contributed by atoms with Gasteiger partial charge in [0, 0.05) is 13.1 Å². The van der Waals surface area contributed by atoms with Crippen molar-refractivity contribution >= 4 is 11.6 Å². The largest absolute Gasteiger partial charge is 0.573 e. The summed E-state index contributed by atoms with van der Waals surface area (Å²) in [5.74, 6) is -0.824. The molecule has 1 aliphatic rings. The minimum Gasteiger partial charge on any atom is -0.404 e. The summed E-state index contributed by atoms with van der Waals surface area (Å²) in [6.07, 6.45) is -4.80. The molecule has 0 saturated carbocycles. The molecule has 0 atom stereocenters. The number of hydrogen-bond acceptors (Lipinski definition) is 4. The molecular formula is C13H15F3N2O3. The van der Waals surface area contributed by atoms with Crippen molar-refractivity contribution in [2.24, 2.45) is 0 Å². The number of benzene rings is 1. The van der Waals surface area contributed by atoms with Crippen molar-refractivity contribution in [2.45, 2.75) is 6.36 Å². The minimum atomic E-state index is -4.80. The normalized spacial score (nSPS) is 16.5. The van der Waals surface area contributed by atoms with Crippen LogP contribution >= 0.6 is 0 Å². The van der Waals surface area contributed by atoms with Gasteiger partial charge in [0.25, 0.3) is 0 Å². The van der Waals surface area contributed by atoms with E-state index in [4.69, 9.17) is 4.74 Å². The van der Waals surface area contributed by atoms with Gasteiger partial charge in [0.1, 0.15) is 0 Å². The van der Waals surface area contributed by atoms with Crippen molar-refractivity contribution in [1.29, 1.82) is 0 Å². The fourth-order valence-corrected chi connectivity index (χ4v) is 1.94. The van der Waals surface area contributed by atoms with Crippen LogP contribution in [0.3, 0.4) is 0 Å². The molecule has 1 heterocycles. The second-order valence-corrected chi connectivity index (χ2v) is 4.48. The summed E-state index contributed by atoms with van der Waals surface area (Å²) in [6, 6.07) is 5.43. The molecule has 1 aromatic carbocycles. The molecule has 0 aromatic heterocycles. The van der Waals surface area contributed by atoms with Gasteiger partial charge in [0.05, 0.1) is 25.4 Å². The highest BCUT2D eigenvalue weighted by Gasteiger charge is 2.32. The van der Waals surface area contributed by atoms with Crippen molar-refractivity contribution in [3.05, 3.63) is 24.3 Å². The van der Waals surface area contributed by atoms with Crippen LogP contribution in [0.5, 0.6) is 5.75 Å². The van der Waals surface area contributed by atoms with Crippen molar-refractivity contribution in [3.8, 4) is 5.75 Å². The second-order valence-electron chi connectivity index (χ2n) is 4.48. The van der Waals surface area contributed by atoms with Crippen LogP contribution < -0.4 is 10.1 Å². The molecule has 1 aliphatic heterocycles. The Morgan fingerprint density at radius 2 is 1.95 bits per heavy atom. The van der Waals surface area contributed by atoms with Gasteiger partial charge in [-0.3, -0.25) is 9.69 Å². The van der Waals surface area contributed by atoms with E-state index in [1.54, 1.807) is 0 Å². The Morgan fingerprint density at radius 3 is 2.62 bits per heavy atom. The lowest BCUT2D eigenvalue weighted by Crippen LogP contribution is -2.41. The molecule has 1 saturated heterocycles. The predicted molar refractivity (Wildman–Crippen MR) is 69.0 cm³/mol. The predicted octanol–water partition coefficient (Wildman–Crippen LogP) is 1.86. The van der Waals surface area contributed by atoms with Gasteiger partial charge in [-0.15, -0.1) is 13.2 Å². The number of morpholine rings is 1. The molecule has 0 bridgehead atoms. The fraction of sp³-hybridized carbons (Fsp3) is 0.462. The quantitative estimate of drug-likeness (QED) is 0.922. The Labute approximate surface area is 119 Å². The van der Waals surface area contributed by atoms with E-state index in [1.807, 2.05) is 4.90 Å². The maximum atomic E-state index is 12.3.